The molecule has 17 heavy (non-hydrogen) atoms. The maximum atomic E-state index is 12.0. The zero-order valence-corrected chi connectivity index (χ0v) is 10.4. The van der Waals surface area contributed by atoms with Crippen LogP contribution in [0.1, 0.15) is 17.3 Å². The lowest BCUT2D eigenvalue weighted by atomic mass is 10.2. The molecule has 1 aliphatic heterocycles. The summed E-state index contributed by atoms with van der Waals surface area (Å²) in [4.78, 5) is 27.2. The van der Waals surface area contributed by atoms with E-state index in [-0.39, 0.29) is 23.9 Å². The number of aromatic nitrogens is 1. The Morgan fingerprint density at radius 3 is 2.82 bits per heavy atom. The minimum atomic E-state index is -0.190. The molecule has 0 aromatic carbocycles. The lowest BCUT2D eigenvalue weighted by Crippen LogP contribution is -2.51. The third kappa shape index (κ3) is 3.31. The Bertz CT molecular complexity index is 426. The van der Waals surface area contributed by atoms with Crippen LogP contribution in [0.4, 0.5) is 0 Å². The van der Waals surface area contributed by atoms with Crippen molar-refractivity contribution in [2.24, 2.45) is 0 Å². The molecule has 1 saturated heterocycles. The second-order valence-electron chi connectivity index (χ2n) is 4.05. The number of H-pyrrole nitrogens is 1. The third-order valence-electron chi connectivity index (χ3n) is 2.69. The summed E-state index contributed by atoms with van der Waals surface area (Å²) in [5.74, 6) is -0.0235. The summed E-state index contributed by atoms with van der Waals surface area (Å²) in [5.41, 5.74) is 0.346. The van der Waals surface area contributed by atoms with Crippen molar-refractivity contribution in [3.8, 4) is 0 Å². The molecule has 0 spiro atoms. The van der Waals surface area contributed by atoms with Crippen LogP contribution < -0.4 is 10.9 Å². The van der Waals surface area contributed by atoms with Gasteiger partial charge >= 0.3 is 0 Å². The van der Waals surface area contributed by atoms with Gasteiger partial charge in [-0.3, -0.25) is 9.59 Å². The second-order valence-corrected chi connectivity index (χ2v) is 4.05. The molecule has 0 bridgehead atoms. The van der Waals surface area contributed by atoms with Gasteiger partial charge in [-0.15, -0.1) is 12.4 Å². The minimum Gasteiger partial charge on any atom is -0.336 e. The molecule has 0 unspecified atom stereocenters. The van der Waals surface area contributed by atoms with Crippen molar-refractivity contribution in [2.75, 3.05) is 19.6 Å². The molecule has 1 aromatic heterocycles. The summed E-state index contributed by atoms with van der Waals surface area (Å²) in [6.07, 6.45) is 1.47. The molecule has 2 N–H and O–H groups in total. The van der Waals surface area contributed by atoms with E-state index in [0.717, 1.165) is 6.54 Å². The van der Waals surface area contributed by atoms with Crippen LogP contribution >= 0.6 is 12.4 Å². The fraction of sp³-hybridized carbons (Fsp3) is 0.455. The first-order valence-electron chi connectivity index (χ1n) is 5.38. The van der Waals surface area contributed by atoms with Crippen molar-refractivity contribution in [1.82, 2.24) is 15.2 Å². The highest BCUT2D eigenvalue weighted by Crippen LogP contribution is 2.05. The molecule has 1 aliphatic rings. The predicted octanol–water partition coefficient (Wildman–Crippen LogP) is 0.231. The Labute approximate surface area is 106 Å². The molecule has 2 heterocycles. The van der Waals surface area contributed by atoms with Gasteiger partial charge in [-0.05, 0) is 13.0 Å². The number of nitrogens with zero attached hydrogens (tertiary/aromatic N) is 1. The third-order valence-corrected chi connectivity index (χ3v) is 2.69. The number of aromatic amines is 1. The van der Waals surface area contributed by atoms with E-state index in [0.29, 0.717) is 24.7 Å². The smallest absolute Gasteiger partial charge is 0.255 e. The Hall–Kier alpha value is -1.33. The van der Waals surface area contributed by atoms with Gasteiger partial charge in [0.25, 0.3) is 5.91 Å². The fourth-order valence-corrected chi connectivity index (χ4v) is 1.84. The van der Waals surface area contributed by atoms with E-state index in [1.54, 1.807) is 11.0 Å². The van der Waals surface area contributed by atoms with Crippen molar-refractivity contribution < 1.29 is 4.79 Å². The Kier molecular flexibility index (Phi) is 4.72. The number of pyridine rings is 1. The van der Waals surface area contributed by atoms with E-state index in [2.05, 4.69) is 10.3 Å². The quantitative estimate of drug-likeness (QED) is 0.757. The largest absolute Gasteiger partial charge is 0.336 e. The van der Waals surface area contributed by atoms with Crippen molar-refractivity contribution >= 4 is 18.3 Å². The summed E-state index contributed by atoms with van der Waals surface area (Å²) in [5, 5.41) is 3.28. The first-order valence-corrected chi connectivity index (χ1v) is 5.38. The Balaban J connectivity index is 0.00000144. The van der Waals surface area contributed by atoms with Crippen LogP contribution in [0.2, 0.25) is 0 Å². The molecule has 1 atom stereocenters. The number of rotatable bonds is 1. The maximum Gasteiger partial charge on any atom is 0.255 e. The van der Waals surface area contributed by atoms with Gasteiger partial charge in [0, 0.05) is 37.9 Å². The monoisotopic (exact) mass is 257 g/mol. The molecule has 5 nitrogen and oxygen atoms in total. The molecular formula is C11H16ClN3O2. The average molecular weight is 258 g/mol. The standard InChI is InChI=1S/C11H15N3O2.ClH/c1-8-7-14(5-4-12-8)11(16)9-2-3-10(15)13-6-9;/h2-3,6,8,12H,4-5,7H2,1H3,(H,13,15);1H/t8-;/m1./s1. The normalized spacial score (nSPS) is 19.6. The highest BCUT2D eigenvalue weighted by atomic mass is 35.5. The molecule has 94 valence electrons. The molecule has 1 aromatic rings. The molecule has 2 rings (SSSR count). The zero-order chi connectivity index (χ0) is 11.5. The van der Waals surface area contributed by atoms with Crippen LogP contribution in [-0.2, 0) is 0 Å². The number of carbonyl (C=O) groups is 1. The second kappa shape index (κ2) is 5.84. The summed E-state index contributed by atoms with van der Waals surface area (Å²) in [7, 11) is 0. The van der Waals surface area contributed by atoms with Gasteiger partial charge in [0.15, 0.2) is 0 Å². The SMILES string of the molecule is C[C@@H]1CN(C(=O)c2ccc(=O)[nH]c2)CCN1.Cl. The van der Waals surface area contributed by atoms with Gasteiger partial charge in [-0.25, -0.2) is 0 Å². The van der Waals surface area contributed by atoms with E-state index in [1.165, 1.54) is 12.3 Å². The predicted molar refractivity (Wildman–Crippen MR) is 67.7 cm³/mol. The van der Waals surface area contributed by atoms with E-state index in [9.17, 15) is 9.59 Å². The van der Waals surface area contributed by atoms with Gasteiger partial charge in [0.2, 0.25) is 5.56 Å². The van der Waals surface area contributed by atoms with E-state index >= 15 is 0 Å². The van der Waals surface area contributed by atoms with Crippen LogP contribution in [0.3, 0.4) is 0 Å². The summed E-state index contributed by atoms with van der Waals surface area (Å²) in [6, 6.07) is 3.26. The molecule has 0 aliphatic carbocycles. The Morgan fingerprint density at radius 2 is 2.24 bits per heavy atom. The number of hydrogen-bond acceptors (Lipinski definition) is 3. The van der Waals surface area contributed by atoms with E-state index in [4.69, 9.17) is 0 Å². The lowest BCUT2D eigenvalue weighted by molar-refractivity contribution is 0.0708. The number of nitrogens with one attached hydrogen (secondary N) is 2. The van der Waals surface area contributed by atoms with E-state index < -0.39 is 0 Å². The number of hydrogen-bond donors (Lipinski definition) is 2. The average Bonchev–Trinajstić information content (AvgIpc) is 2.29. The minimum absolute atomic E-state index is 0. The topological polar surface area (TPSA) is 65.2 Å². The number of piperazine rings is 1. The van der Waals surface area contributed by atoms with Crippen LogP contribution in [-0.4, -0.2) is 41.5 Å². The van der Waals surface area contributed by atoms with Gasteiger partial charge in [0.05, 0.1) is 5.56 Å². The van der Waals surface area contributed by atoms with Crippen molar-refractivity contribution in [1.29, 1.82) is 0 Å². The molecule has 1 amide bonds. The van der Waals surface area contributed by atoms with Crippen LogP contribution in [0.25, 0.3) is 0 Å². The van der Waals surface area contributed by atoms with Gasteiger partial charge in [-0.2, -0.15) is 0 Å². The van der Waals surface area contributed by atoms with Crippen LogP contribution in [0.15, 0.2) is 23.1 Å². The van der Waals surface area contributed by atoms with Gasteiger partial charge in [0.1, 0.15) is 0 Å². The van der Waals surface area contributed by atoms with Crippen molar-refractivity contribution in [3.63, 3.8) is 0 Å². The molecule has 0 radical (unpaired) electrons. The summed E-state index contributed by atoms with van der Waals surface area (Å²) in [6.45, 7) is 4.28. The van der Waals surface area contributed by atoms with Gasteiger partial charge in [-0.1, -0.05) is 0 Å². The molecule has 1 fully saturated rings. The molecule has 6 heteroatoms. The van der Waals surface area contributed by atoms with Crippen molar-refractivity contribution in [3.05, 3.63) is 34.2 Å². The number of carbonyl (C=O) groups excluding carboxylic acids is 1. The summed E-state index contributed by atoms with van der Waals surface area (Å²) >= 11 is 0. The van der Waals surface area contributed by atoms with Crippen molar-refractivity contribution in [2.45, 2.75) is 13.0 Å². The summed E-state index contributed by atoms with van der Waals surface area (Å²) < 4.78 is 0. The fourth-order valence-electron chi connectivity index (χ4n) is 1.84. The highest BCUT2D eigenvalue weighted by molar-refractivity contribution is 5.93. The maximum absolute atomic E-state index is 12.0. The van der Waals surface area contributed by atoms with Crippen LogP contribution in [0, 0.1) is 0 Å². The first kappa shape index (κ1) is 13.7. The lowest BCUT2D eigenvalue weighted by Gasteiger charge is -2.31. The highest BCUT2D eigenvalue weighted by Gasteiger charge is 2.21. The van der Waals surface area contributed by atoms with Crippen LogP contribution in [0.5, 0.6) is 0 Å². The Morgan fingerprint density at radius 1 is 1.47 bits per heavy atom. The molecule has 0 saturated carbocycles. The van der Waals surface area contributed by atoms with E-state index in [1.807, 2.05) is 6.92 Å². The first-order chi connectivity index (χ1) is 7.66. The zero-order valence-electron chi connectivity index (χ0n) is 9.60. The number of halogens is 1. The molecular weight excluding hydrogens is 242 g/mol. The van der Waals surface area contributed by atoms with Gasteiger partial charge < -0.3 is 15.2 Å². The number of amides is 1.